The zero-order chi connectivity index (χ0) is 19.7. The van der Waals surface area contributed by atoms with Gasteiger partial charge < -0.3 is 18.8 Å². The predicted octanol–water partition coefficient (Wildman–Crippen LogP) is 3.59. The number of fused-ring (bicyclic) bond motifs is 1. The predicted molar refractivity (Wildman–Crippen MR) is 109 cm³/mol. The van der Waals surface area contributed by atoms with Crippen LogP contribution in [0.2, 0.25) is 0 Å². The van der Waals surface area contributed by atoms with Crippen LogP contribution in [0.5, 0.6) is 11.5 Å². The maximum Gasteiger partial charge on any atom is 0.197 e. The van der Waals surface area contributed by atoms with Crippen molar-refractivity contribution in [3.05, 3.63) is 58.5 Å². The van der Waals surface area contributed by atoms with E-state index in [0.717, 1.165) is 36.2 Å². The highest BCUT2D eigenvalue weighted by atomic mass is 16.5. The summed E-state index contributed by atoms with van der Waals surface area (Å²) in [5.41, 5.74) is 3.06. The quantitative estimate of drug-likeness (QED) is 0.691. The van der Waals surface area contributed by atoms with Crippen molar-refractivity contribution < 1.29 is 13.9 Å². The van der Waals surface area contributed by atoms with Crippen molar-refractivity contribution in [3.63, 3.8) is 0 Å². The number of hydrogen-bond donors (Lipinski definition) is 0. The third kappa shape index (κ3) is 3.16. The molecule has 6 heteroatoms. The number of nitrogens with zero attached hydrogens (tertiary/aromatic N) is 2. The second kappa shape index (κ2) is 7.48. The van der Waals surface area contributed by atoms with Gasteiger partial charge >= 0.3 is 0 Å². The van der Waals surface area contributed by atoms with Crippen molar-refractivity contribution in [2.45, 2.75) is 6.42 Å². The molecule has 0 spiro atoms. The van der Waals surface area contributed by atoms with Crippen LogP contribution in [0.15, 0.2) is 51.9 Å². The van der Waals surface area contributed by atoms with Gasteiger partial charge in [0.05, 0.1) is 19.8 Å². The van der Waals surface area contributed by atoms with Crippen molar-refractivity contribution in [1.29, 1.82) is 0 Å². The molecule has 0 fully saturated rings. The number of ether oxygens (including phenoxy) is 2. The Labute approximate surface area is 163 Å². The molecule has 0 N–H and O–H groups in total. The number of hydrogen-bond acceptors (Lipinski definition) is 6. The minimum atomic E-state index is -0.151. The van der Waals surface area contributed by atoms with Crippen molar-refractivity contribution in [3.8, 4) is 22.8 Å². The molecule has 0 unspecified atom stereocenters. The van der Waals surface area contributed by atoms with Gasteiger partial charge in [0, 0.05) is 43.2 Å². The summed E-state index contributed by atoms with van der Waals surface area (Å²) in [4.78, 5) is 19.3. The maximum absolute atomic E-state index is 13.0. The van der Waals surface area contributed by atoms with Gasteiger partial charge in [-0.3, -0.25) is 9.78 Å². The first-order valence-electron chi connectivity index (χ1n) is 9.13. The standard InChI is InChI=1S/C22H22N2O4/c1-24-10-6-15(7-11-24)20-18(26-2)13-19(27-3)21-16(25)12-17(28-22(20)21)14-4-8-23-9-5-14/h4-6,8-9,12-13H,7,10-11H2,1-3H3. The number of aromatic nitrogens is 1. The number of pyridine rings is 1. The third-order valence-corrected chi connectivity index (χ3v) is 5.07. The highest BCUT2D eigenvalue weighted by Crippen LogP contribution is 2.41. The molecule has 0 radical (unpaired) electrons. The van der Waals surface area contributed by atoms with Crippen LogP contribution >= 0.6 is 0 Å². The summed E-state index contributed by atoms with van der Waals surface area (Å²) in [6.45, 7) is 1.76. The zero-order valence-electron chi connectivity index (χ0n) is 16.2. The van der Waals surface area contributed by atoms with E-state index in [-0.39, 0.29) is 5.43 Å². The minimum absolute atomic E-state index is 0.151. The first kappa shape index (κ1) is 18.3. The third-order valence-electron chi connectivity index (χ3n) is 5.07. The van der Waals surface area contributed by atoms with Gasteiger partial charge in [-0.1, -0.05) is 6.08 Å². The molecule has 1 aromatic carbocycles. The fourth-order valence-electron chi connectivity index (χ4n) is 3.56. The lowest BCUT2D eigenvalue weighted by Gasteiger charge is -2.24. The monoisotopic (exact) mass is 378 g/mol. The summed E-state index contributed by atoms with van der Waals surface area (Å²) in [5.74, 6) is 1.57. The van der Waals surface area contributed by atoms with Crippen LogP contribution in [0.4, 0.5) is 0 Å². The smallest absolute Gasteiger partial charge is 0.197 e. The molecule has 0 saturated carbocycles. The molecule has 0 amide bonds. The van der Waals surface area contributed by atoms with Gasteiger partial charge in [0.1, 0.15) is 22.6 Å². The molecule has 0 aliphatic carbocycles. The van der Waals surface area contributed by atoms with Crippen molar-refractivity contribution in [2.75, 3.05) is 34.4 Å². The van der Waals surface area contributed by atoms with E-state index in [1.54, 1.807) is 32.7 Å². The van der Waals surface area contributed by atoms with Gasteiger partial charge in [-0.2, -0.15) is 0 Å². The van der Waals surface area contributed by atoms with Gasteiger partial charge in [0.15, 0.2) is 11.0 Å². The SMILES string of the molecule is COc1cc(OC)c2c(=O)cc(-c3ccncc3)oc2c1C1=CCN(C)CC1. The van der Waals surface area contributed by atoms with E-state index >= 15 is 0 Å². The molecule has 1 aliphatic rings. The van der Waals surface area contributed by atoms with Crippen LogP contribution < -0.4 is 14.9 Å². The summed E-state index contributed by atoms with van der Waals surface area (Å²) in [6, 6.07) is 6.89. The lowest BCUT2D eigenvalue weighted by atomic mass is 9.95. The minimum Gasteiger partial charge on any atom is -0.496 e. The van der Waals surface area contributed by atoms with E-state index in [2.05, 4.69) is 23.0 Å². The van der Waals surface area contributed by atoms with E-state index < -0.39 is 0 Å². The zero-order valence-corrected chi connectivity index (χ0v) is 16.2. The summed E-state index contributed by atoms with van der Waals surface area (Å²) in [6.07, 6.45) is 6.35. The second-order valence-electron chi connectivity index (χ2n) is 6.81. The lowest BCUT2D eigenvalue weighted by molar-refractivity contribution is 0.368. The lowest BCUT2D eigenvalue weighted by Crippen LogP contribution is -2.24. The van der Waals surface area contributed by atoms with Crippen molar-refractivity contribution >= 4 is 16.5 Å². The van der Waals surface area contributed by atoms with Crippen LogP contribution in [0.25, 0.3) is 27.9 Å². The molecule has 4 rings (SSSR count). The van der Waals surface area contributed by atoms with Crippen LogP contribution in [0.1, 0.15) is 12.0 Å². The molecule has 3 aromatic rings. The van der Waals surface area contributed by atoms with E-state index in [1.165, 1.54) is 6.07 Å². The Morgan fingerprint density at radius 2 is 1.86 bits per heavy atom. The van der Waals surface area contributed by atoms with Crippen LogP contribution in [-0.2, 0) is 0 Å². The fraction of sp³-hybridized carbons (Fsp3) is 0.273. The molecule has 6 nitrogen and oxygen atoms in total. The van der Waals surface area contributed by atoms with Gasteiger partial charge in [-0.15, -0.1) is 0 Å². The number of likely N-dealkylation sites (N-methyl/N-ethyl adjacent to an activating group) is 1. The van der Waals surface area contributed by atoms with Crippen molar-refractivity contribution in [2.24, 2.45) is 0 Å². The summed E-state index contributed by atoms with van der Waals surface area (Å²) >= 11 is 0. The second-order valence-corrected chi connectivity index (χ2v) is 6.81. The number of benzene rings is 1. The highest BCUT2D eigenvalue weighted by molar-refractivity contribution is 5.97. The molecular weight excluding hydrogens is 356 g/mol. The van der Waals surface area contributed by atoms with Crippen molar-refractivity contribution in [1.82, 2.24) is 9.88 Å². The Balaban J connectivity index is 2.06. The number of methoxy groups -OCH3 is 2. The Bertz CT molecular complexity index is 1100. The van der Waals surface area contributed by atoms with Gasteiger partial charge in [-0.05, 0) is 31.2 Å². The normalized spacial score (nSPS) is 14.8. The van der Waals surface area contributed by atoms with Crippen LogP contribution in [0, 0.1) is 0 Å². The summed E-state index contributed by atoms with van der Waals surface area (Å²) in [5, 5.41) is 0.427. The van der Waals surface area contributed by atoms with Gasteiger partial charge in [0.25, 0.3) is 0 Å². The van der Waals surface area contributed by atoms with Gasteiger partial charge in [0.2, 0.25) is 0 Å². The Kier molecular flexibility index (Phi) is 4.88. The highest BCUT2D eigenvalue weighted by Gasteiger charge is 2.23. The molecule has 1 aliphatic heterocycles. The Hall–Kier alpha value is -3.12. The molecule has 0 saturated heterocycles. The molecule has 0 atom stereocenters. The van der Waals surface area contributed by atoms with E-state index in [4.69, 9.17) is 13.9 Å². The number of rotatable bonds is 4. The fourth-order valence-corrected chi connectivity index (χ4v) is 3.56. The first-order valence-corrected chi connectivity index (χ1v) is 9.13. The average Bonchev–Trinajstić information content (AvgIpc) is 2.73. The molecule has 0 bridgehead atoms. The topological polar surface area (TPSA) is 64.8 Å². The summed E-state index contributed by atoms with van der Waals surface area (Å²) in [7, 11) is 5.24. The Morgan fingerprint density at radius 1 is 1.11 bits per heavy atom. The molecule has 144 valence electrons. The summed E-state index contributed by atoms with van der Waals surface area (Å²) < 4.78 is 17.4. The largest absolute Gasteiger partial charge is 0.496 e. The average molecular weight is 378 g/mol. The van der Waals surface area contributed by atoms with Crippen LogP contribution in [-0.4, -0.2) is 44.2 Å². The van der Waals surface area contributed by atoms with E-state index in [9.17, 15) is 4.79 Å². The maximum atomic E-state index is 13.0. The molecular formula is C22H22N2O4. The Morgan fingerprint density at radius 3 is 2.50 bits per heavy atom. The molecule has 3 heterocycles. The van der Waals surface area contributed by atoms with Crippen LogP contribution in [0.3, 0.4) is 0 Å². The van der Waals surface area contributed by atoms with E-state index in [1.807, 2.05) is 12.1 Å². The molecule has 28 heavy (non-hydrogen) atoms. The van der Waals surface area contributed by atoms with E-state index in [0.29, 0.717) is 28.2 Å². The molecule has 2 aromatic heterocycles. The first-order chi connectivity index (χ1) is 13.6. The van der Waals surface area contributed by atoms with Gasteiger partial charge in [-0.25, -0.2) is 0 Å².